The zero-order valence-corrected chi connectivity index (χ0v) is 11.0. The third kappa shape index (κ3) is 4.12. The SMILES string of the molecule is O=C(O)COc1ccc(C(=O)NCC2CC=CC2)cc1. The van der Waals surface area contributed by atoms with E-state index in [0.717, 1.165) is 12.8 Å². The Morgan fingerprint density at radius 3 is 2.45 bits per heavy atom. The number of rotatable bonds is 6. The molecule has 1 aromatic rings. The third-order valence-corrected chi connectivity index (χ3v) is 3.14. The molecule has 0 fully saturated rings. The Morgan fingerprint density at radius 2 is 1.85 bits per heavy atom. The molecule has 0 heterocycles. The van der Waals surface area contributed by atoms with Crippen molar-refractivity contribution in [2.24, 2.45) is 5.92 Å². The smallest absolute Gasteiger partial charge is 0.341 e. The van der Waals surface area contributed by atoms with Gasteiger partial charge in [-0.3, -0.25) is 4.79 Å². The van der Waals surface area contributed by atoms with E-state index in [4.69, 9.17) is 9.84 Å². The fraction of sp³-hybridized carbons (Fsp3) is 0.333. The number of hydrogen-bond acceptors (Lipinski definition) is 3. The topological polar surface area (TPSA) is 75.6 Å². The summed E-state index contributed by atoms with van der Waals surface area (Å²) in [5.41, 5.74) is 0.540. The number of carboxylic acid groups (broad SMARTS) is 1. The number of carboxylic acids is 1. The van der Waals surface area contributed by atoms with E-state index in [2.05, 4.69) is 17.5 Å². The summed E-state index contributed by atoms with van der Waals surface area (Å²) in [4.78, 5) is 22.3. The molecule has 20 heavy (non-hydrogen) atoms. The van der Waals surface area contributed by atoms with E-state index in [0.29, 0.717) is 23.8 Å². The number of nitrogens with one attached hydrogen (secondary N) is 1. The maximum Gasteiger partial charge on any atom is 0.341 e. The zero-order chi connectivity index (χ0) is 14.4. The molecule has 0 radical (unpaired) electrons. The lowest BCUT2D eigenvalue weighted by Crippen LogP contribution is -2.28. The largest absolute Gasteiger partial charge is 0.482 e. The lowest BCUT2D eigenvalue weighted by molar-refractivity contribution is -0.139. The fourth-order valence-electron chi connectivity index (χ4n) is 2.03. The molecule has 5 heteroatoms. The van der Waals surface area contributed by atoms with Crippen molar-refractivity contribution in [3.63, 3.8) is 0 Å². The van der Waals surface area contributed by atoms with Gasteiger partial charge in [-0.25, -0.2) is 4.79 Å². The van der Waals surface area contributed by atoms with E-state index in [1.165, 1.54) is 0 Å². The summed E-state index contributed by atoms with van der Waals surface area (Å²) in [6.07, 6.45) is 6.29. The third-order valence-electron chi connectivity index (χ3n) is 3.14. The number of allylic oxidation sites excluding steroid dienone is 2. The minimum absolute atomic E-state index is 0.123. The molecule has 0 spiro atoms. The van der Waals surface area contributed by atoms with Crippen molar-refractivity contribution in [1.82, 2.24) is 5.32 Å². The molecule has 0 saturated carbocycles. The lowest BCUT2D eigenvalue weighted by Gasteiger charge is -2.11. The molecule has 106 valence electrons. The second-order valence-corrected chi connectivity index (χ2v) is 4.73. The Hall–Kier alpha value is -2.30. The van der Waals surface area contributed by atoms with Gasteiger partial charge in [0.15, 0.2) is 6.61 Å². The Bertz CT molecular complexity index is 499. The van der Waals surface area contributed by atoms with Gasteiger partial charge in [-0.1, -0.05) is 12.2 Å². The number of ether oxygens (including phenoxy) is 1. The van der Waals surface area contributed by atoms with Crippen LogP contribution in [-0.2, 0) is 4.79 Å². The molecule has 1 aliphatic carbocycles. The van der Waals surface area contributed by atoms with Crippen LogP contribution >= 0.6 is 0 Å². The van der Waals surface area contributed by atoms with Crippen molar-refractivity contribution >= 4 is 11.9 Å². The average molecular weight is 275 g/mol. The van der Waals surface area contributed by atoms with Crippen LogP contribution in [0.4, 0.5) is 0 Å². The molecule has 0 unspecified atom stereocenters. The van der Waals surface area contributed by atoms with Crippen molar-refractivity contribution in [1.29, 1.82) is 0 Å². The first-order valence-electron chi connectivity index (χ1n) is 6.53. The van der Waals surface area contributed by atoms with E-state index in [1.54, 1.807) is 24.3 Å². The minimum Gasteiger partial charge on any atom is -0.482 e. The molecule has 1 aliphatic rings. The number of benzene rings is 1. The molecule has 0 atom stereocenters. The van der Waals surface area contributed by atoms with Crippen LogP contribution in [0.2, 0.25) is 0 Å². The standard InChI is InChI=1S/C15H17NO4/c17-14(18)10-20-13-7-5-12(6-8-13)15(19)16-9-11-3-1-2-4-11/h1-2,5-8,11H,3-4,9-10H2,(H,16,19)(H,17,18). The molecule has 1 aromatic carbocycles. The monoisotopic (exact) mass is 275 g/mol. The molecular weight excluding hydrogens is 258 g/mol. The molecule has 0 aliphatic heterocycles. The van der Waals surface area contributed by atoms with Crippen molar-refractivity contribution < 1.29 is 19.4 Å². The Kier molecular flexibility index (Phi) is 4.76. The quantitative estimate of drug-likeness (QED) is 0.777. The van der Waals surface area contributed by atoms with Gasteiger partial charge in [0.25, 0.3) is 5.91 Å². The molecule has 0 saturated heterocycles. The summed E-state index contributed by atoms with van der Waals surface area (Å²) in [5, 5.41) is 11.4. The summed E-state index contributed by atoms with van der Waals surface area (Å²) in [7, 11) is 0. The molecular formula is C15H17NO4. The van der Waals surface area contributed by atoms with Crippen LogP contribution in [0.15, 0.2) is 36.4 Å². The summed E-state index contributed by atoms with van der Waals surface area (Å²) in [6.45, 7) is 0.281. The molecule has 2 rings (SSSR count). The predicted octanol–water partition coefficient (Wildman–Crippen LogP) is 1.85. The number of carbonyl (C=O) groups excluding carboxylic acids is 1. The van der Waals surface area contributed by atoms with Crippen LogP contribution in [0.3, 0.4) is 0 Å². The van der Waals surface area contributed by atoms with Crippen molar-refractivity contribution in [2.45, 2.75) is 12.8 Å². The van der Waals surface area contributed by atoms with Gasteiger partial charge in [0.1, 0.15) is 5.75 Å². The highest BCUT2D eigenvalue weighted by Crippen LogP contribution is 2.17. The summed E-state index contributed by atoms with van der Waals surface area (Å²) in [5.74, 6) is -0.222. The van der Waals surface area contributed by atoms with Crippen LogP contribution in [0.5, 0.6) is 5.75 Å². The van der Waals surface area contributed by atoms with Gasteiger partial charge in [-0.05, 0) is 43.0 Å². The van der Waals surface area contributed by atoms with Gasteiger partial charge in [0.2, 0.25) is 0 Å². The van der Waals surface area contributed by atoms with Gasteiger partial charge in [-0.15, -0.1) is 0 Å². The van der Waals surface area contributed by atoms with Gasteiger partial charge < -0.3 is 15.2 Å². The number of amides is 1. The Labute approximate surface area is 117 Å². The number of hydrogen-bond donors (Lipinski definition) is 2. The minimum atomic E-state index is -1.03. The summed E-state index contributed by atoms with van der Waals surface area (Å²) < 4.78 is 5.00. The van der Waals surface area contributed by atoms with Gasteiger partial charge >= 0.3 is 5.97 Å². The van der Waals surface area contributed by atoms with E-state index in [9.17, 15) is 9.59 Å². The average Bonchev–Trinajstić information content (AvgIpc) is 2.96. The van der Waals surface area contributed by atoms with Crippen molar-refractivity contribution in [3.8, 4) is 5.75 Å². The highest BCUT2D eigenvalue weighted by molar-refractivity contribution is 5.94. The summed E-state index contributed by atoms with van der Waals surface area (Å²) in [6, 6.07) is 6.43. The predicted molar refractivity (Wildman–Crippen MR) is 73.8 cm³/mol. The Balaban J connectivity index is 1.82. The second kappa shape index (κ2) is 6.75. The fourth-order valence-corrected chi connectivity index (χ4v) is 2.03. The van der Waals surface area contributed by atoms with E-state index in [1.807, 2.05) is 0 Å². The highest BCUT2D eigenvalue weighted by atomic mass is 16.5. The van der Waals surface area contributed by atoms with Gasteiger partial charge in [0, 0.05) is 12.1 Å². The number of aliphatic carboxylic acids is 1. The number of carbonyl (C=O) groups is 2. The first kappa shape index (κ1) is 14.1. The molecule has 0 bridgehead atoms. The maximum atomic E-state index is 11.9. The summed E-state index contributed by atoms with van der Waals surface area (Å²) >= 11 is 0. The second-order valence-electron chi connectivity index (χ2n) is 4.73. The van der Waals surface area contributed by atoms with Crippen LogP contribution < -0.4 is 10.1 Å². The molecule has 2 N–H and O–H groups in total. The van der Waals surface area contributed by atoms with Gasteiger partial charge in [-0.2, -0.15) is 0 Å². The van der Waals surface area contributed by atoms with Gasteiger partial charge in [0.05, 0.1) is 0 Å². The maximum absolute atomic E-state index is 11.9. The van der Waals surface area contributed by atoms with Crippen LogP contribution in [0.25, 0.3) is 0 Å². The van der Waals surface area contributed by atoms with Crippen molar-refractivity contribution in [3.05, 3.63) is 42.0 Å². The van der Waals surface area contributed by atoms with E-state index >= 15 is 0 Å². The molecule has 5 nitrogen and oxygen atoms in total. The van der Waals surface area contributed by atoms with Crippen LogP contribution in [0, 0.1) is 5.92 Å². The Morgan fingerprint density at radius 1 is 1.20 bits per heavy atom. The van der Waals surface area contributed by atoms with Crippen LogP contribution in [-0.4, -0.2) is 30.1 Å². The molecule has 1 amide bonds. The molecule has 0 aromatic heterocycles. The van der Waals surface area contributed by atoms with Crippen molar-refractivity contribution in [2.75, 3.05) is 13.2 Å². The normalized spacial score (nSPS) is 14.2. The lowest BCUT2D eigenvalue weighted by atomic mass is 10.1. The van der Waals surface area contributed by atoms with E-state index < -0.39 is 5.97 Å². The zero-order valence-electron chi connectivity index (χ0n) is 11.0. The first-order chi connectivity index (χ1) is 9.65. The highest BCUT2D eigenvalue weighted by Gasteiger charge is 2.12. The first-order valence-corrected chi connectivity index (χ1v) is 6.53. The van der Waals surface area contributed by atoms with E-state index in [-0.39, 0.29) is 12.5 Å². The van der Waals surface area contributed by atoms with Crippen LogP contribution in [0.1, 0.15) is 23.2 Å².